The maximum absolute atomic E-state index is 14.1. The summed E-state index contributed by atoms with van der Waals surface area (Å²) in [5.74, 6) is -1.36. The highest BCUT2D eigenvalue weighted by molar-refractivity contribution is 5.91. The largest absolute Gasteiger partial charge is 0.448 e. The van der Waals surface area contributed by atoms with Crippen LogP contribution in [0.3, 0.4) is 0 Å². The first-order valence-corrected chi connectivity index (χ1v) is 9.78. The van der Waals surface area contributed by atoms with E-state index in [1.807, 2.05) is 5.32 Å². The first kappa shape index (κ1) is 24.3. The van der Waals surface area contributed by atoms with Gasteiger partial charge in [-0.25, -0.2) is 14.4 Å². The molecular weight excluding hydrogens is 444 g/mol. The third-order valence-corrected chi connectivity index (χ3v) is 4.96. The van der Waals surface area contributed by atoms with E-state index in [1.165, 1.54) is 25.1 Å². The van der Waals surface area contributed by atoms with E-state index < -0.39 is 41.3 Å². The molecule has 176 valence electrons. The van der Waals surface area contributed by atoms with Crippen LogP contribution in [0.25, 0.3) is 11.3 Å². The molecule has 3 rings (SSSR count). The molecule has 1 unspecified atom stereocenters. The molecule has 2 aromatic heterocycles. The number of nitrogens with one attached hydrogen (secondary N) is 1. The van der Waals surface area contributed by atoms with Crippen molar-refractivity contribution >= 4 is 5.91 Å². The number of amides is 1. The Morgan fingerprint density at radius 1 is 1.15 bits per heavy atom. The van der Waals surface area contributed by atoms with E-state index in [4.69, 9.17) is 10.2 Å². The maximum Gasteiger partial charge on any atom is 0.424 e. The van der Waals surface area contributed by atoms with Crippen LogP contribution in [-0.2, 0) is 11.1 Å². The van der Waals surface area contributed by atoms with E-state index in [9.17, 15) is 27.5 Å². The van der Waals surface area contributed by atoms with Gasteiger partial charge in [-0.05, 0) is 55.8 Å². The molecule has 33 heavy (non-hydrogen) atoms. The van der Waals surface area contributed by atoms with E-state index in [-0.39, 0.29) is 22.8 Å². The van der Waals surface area contributed by atoms with Gasteiger partial charge in [-0.3, -0.25) is 4.79 Å². The van der Waals surface area contributed by atoms with Crippen LogP contribution in [0.5, 0.6) is 0 Å². The third kappa shape index (κ3) is 5.20. The number of hydrogen-bond acceptors (Lipinski definition) is 6. The quantitative estimate of drug-likeness (QED) is 0.479. The van der Waals surface area contributed by atoms with Gasteiger partial charge in [-0.15, -0.1) is 0 Å². The van der Waals surface area contributed by atoms with Gasteiger partial charge in [0.25, 0.3) is 5.91 Å². The molecule has 0 aliphatic heterocycles. The first-order chi connectivity index (χ1) is 15.2. The number of oxazole rings is 1. The van der Waals surface area contributed by atoms with Crippen molar-refractivity contribution in [2.45, 2.75) is 38.1 Å². The van der Waals surface area contributed by atoms with Crippen molar-refractivity contribution in [3.8, 4) is 11.3 Å². The summed E-state index contributed by atoms with van der Waals surface area (Å²) in [7, 11) is 0. The fourth-order valence-electron chi connectivity index (χ4n) is 2.99. The highest BCUT2D eigenvalue weighted by atomic mass is 19.4. The number of benzene rings is 1. The fourth-order valence-corrected chi connectivity index (χ4v) is 2.99. The monoisotopic (exact) mass is 466 g/mol. The summed E-state index contributed by atoms with van der Waals surface area (Å²) >= 11 is 0. The van der Waals surface area contributed by atoms with Crippen LogP contribution >= 0.6 is 0 Å². The fraction of sp³-hybridized carbons (Fsp3) is 0.318. The molecule has 0 spiro atoms. The number of hydrogen-bond donors (Lipinski definition) is 3. The lowest BCUT2D eigenvalue weighted by molar-refractivity contribution is -0.265. The molecule has 1 aromatic carbocycles. The standard InChI is InChI=1S/C22H22F4N4O3/c1-12-29-17(10-33-12)19(31)28-11-21(32,22(24,25)26)18-9-14(20(2,3)27)8-16(30-18)13-4-6-15(23)7-5-13/h4-10,32H,11,27H2,1-3H3,(H,28,31). The number of carbonyl (C=O) groups is 1. The van der Waals surface area contributed by atoms with Crippen molar-refractivity contribution < 1.29 is 31.9 Å². The van der Waals surface area contributed by atoms with Gasteiger partial charge >= 0.3 is 6.18 Å². The van der Waals surface area contributed by atoms with Gasteiger partial charge in [0.2, 0.25) is 5.60 Å². The van der Waals surface area contributed by atoms with Crippen LogP contribution in [0.4, 0.5) is 17.6 Å². The molecule has 11 heteroatoms. The SMILES string of the molecule is Cc1nc(C(=O)NCC(O)(c2cc(C(C)(C)N)cc(-c3ccc(F)cc3)n2)C(F)(F)F)co1. The average Bonchev–Trinajstić information content (AvgIpc) is 3.17. The molecule has 3 aromatic rings. The molecule has 0 fully saturated rings. The number of aryl methyl sites for hydroxylation is 1. The molecule has 1 amide bonds. The lowest BCUT2D eigenvalue weighted by atomic mass is 9.89. The van der Waals surface area contributed by atoms with Crippen molar-refractivity contribution in [3.63, 3.8) is 0 Å². The number of carbonyl (C=O) groups excluding carboxylic acids is 1. The zero-order valence-electron chi connectivity index (χ0n) is 18.0. The van der Waals surface area contributed by atoms with E-state index in [0.717, 1.165) is 24.5 Å². The van der Waals surface area contributed by atoms with Crippen molar-refractivity contribution in [1.29, 1.82) is 0 Å². The Labute approximate surface area is 186 Å². The molecule has 4 N–H and O–H groups in total. The van der Waals surface area contributed by atoms with E-state index >= 15 is 0 Å². The average molecular weight is 466 g/mol. The zero-order chi connectivity index (χ0) is 24.6. The highest BCUT2D eigenvalue weighted by Gasteiger charge is 2.56. The van der Waals surface area contributed by atoms with Gasteiger partial charge in [0.1, 0.15) is 12.1 Å². The van der Waals surface area contributed by atoms with Crippen LogP contribution < -0.4 is 11.1 Å². The summed E-state index contributed by atoms with van der Waals surface area (Å²) in [4.78, 5) is 20.0. The number of aromatic nitrogens is 2. The van der Waals surface area contributed by atoms with E-state index in [2.05, 4.69) is 9.97 Å². The predicted molar refractivity (Wildman–Crippen MR) is 110 cm³/mol. The lowest BCUT2D eigenvalue weighted by Crippen LogP contribution is -2.51. The Bertz CT molecular complexity index is 1150. The number of aliphatic hydroxyl groups is 1. The smallest absolute Gasteiger partial charge is 0.424 e. The number of pyridine rings is 1. The van der Waals surface area contributed by atoms with Gasteiger partial charge in [0, 0.05) is 18.0 Å². The minimum absolute atomic E-state index is 0.0437. The normalized spacial score (nSPS) is 14.1. The van der Waals surface area contributed by atoms with Gasteiger partial charge in [0.15, 0.2) is 11.6 Å². The molecule has 0 saturated carbocycles. The number of nitrogens with zero attached hydrogens (tertiary/aromatic N) is 2. The first-order valence-electron chi connectivity index (χ1n) is 9.78. The number of rotatable bonds is 6. The molecule has 2 heterocycles. The van der Waals surface area contributed by atoms with Crippen molar-refractivity contribution in [3.05, 3.63) is 71.3 Å². The van der Waals surface area contributed by atoms with Gasteiger partial charge in [-0.2, -0.15) is 13.2 Å². The maximum atomic E-state index is 14.1. The molecule has 0 saturated heterocycles. The summed E-state index contributed by atoms with van der Waals surface area (Å²) < 4.78 is 60.5. The lowest BCUT2D eigenvalue weighted by Gasteiger charge is -2.32. The molecule has 0 aliphatic rings. The third-order valence-electron chi connectivity index (χ3n) is 4.96. The second-order valence-electron chi connectivity index (χ2n) is 8.15. The minimum Gasteiger partial charge on any atom is -0.448 e. The van der Waals surface area contributed by atoms with Crippen LogP contribution in [-0.4, -0.2) is 33.7 Å². The summed E-state index contributed by atoms with van der Waals surface area (Å²) in [6.45, 7) is 3.36. The Balaban J connectivity index is 2.08. The molecule has 0 aliphatic carbocycles. The Morgan fingerprint density at radius 2 is 1.79 bits per heavy atom. The molecule has 7 nitrogen and oxygen atoms in total. The topological polar surface area (TPSA) is 114 Å². The molecule has 0 bridgehead atoms. The molecule has 1 atom stereocenters. The number of nitrogens with two attached hydrogens (primary N) is 1. The Morgan fingerprint density at radius 3 is 2.30 bits per heavy atom. The van der Waals surface area contributed by atoms with Crippen molar-refractivity contribution in [2.75, 3.05) is 6.54 Å². The summed E-state index contributed by atoms with van der Waals surface area (Å²) in [6.07, 6.45) is -4.23. The number of halogens is 4. The second-order valence-corrected chi connectivity index (χ2v) is 8.15. The Hall–Kier alpha value is -3.31. The van der Waals surface area contributed by atoms with Crippen LogP contribution in [0, 0.1) is 12.7 Å². The van der Waals surface area contributed by atoms with E-state index in [1.54, 1.807) is 13.8 Å². The highest BCUT2D eigenvalue weighted by Crippen LogP contribution is 2.39. The van der Waals surface area contributed by atoms with Crippen LogP contribution in [0.1, 0.15) is 41.5 Å². The van der Waals surface area contributed by atoms with Crippen LogP contribution in [0.2, 0.25) is 0 Å². The predicted octanol–water partition coefficient (Wildman–Crippen LogP) is 3.56. The molecule has 0 radical (unpaired) electrons. The van der Waals surface area contributed by atoms with Crippen molar-refractivity contribution in [2.24, 2.45) is 5.73 Å². The van der Waals surface area contributed by atoms with E-state index in [0.29, 0.717) is 5.56 Å². The summed E-state index contributed by atoms with van der Waals surface area (Å²) in [5.41, 5.74) is 1.04. The van der Waals surface area contributed by atoms with Crippen molar-refractivity contribution in [1.82, 2.24) is 15.3 Å². The van der Waals surface area contributed by atoms with Crippen LogP contribution in [0.15, 0.2) is 47.1 Å². The summed E-state index contributed by atoms with van der Waals surface area (Å²) in [5, 5.41) is 12.8. The minimum atomic E-state index is -5.22. The second kappa shape index (κ2) is 8.56. The van der Waals surface area contributed by atoms with Gasteiger partial charge < -0.3 is 20.6 Å². The molecular formula is C22H22F4N4O3. The summed E-state index contributed by atoms with van der Waals surface area (Å²) in [6, 6.07) is 7.45. The van der Waals surface area contributed by atoms with Gasteiger partial charge in [0.05, 0.1) is 17.9 Å². The zero-order valence-corrected chi connectivity index (χ0v) is 18.0. The van der Waals surface area contributed by atoms with Gasteiger partial charge in [-0.1, -0.05) is 0 Å². The number of alkyl halides is 3. The Kier molecular flexibility index (Phi) is 6.31.